The van der Waals surface area contributed by atoms with Gasteiger partial charge in [0, 0.05) is 0 Å². The van der Waals surface area contributed by atoms with E-state index in [2.05, 4.69) is 4.74 Å². The molecule has 15 heavy (non-hydrogen) atoms. The van der Waals surface area contributed by atoms with Crippen molar-refractivity contribution in [3.63, 3.8) is 0 Å². The molecule has 0 aliphatic heterocycles. The predicted molar refractivity (Wildman–Crippen MR) is 49.6 cm³/mol. The van der Waals surface area contributed by atoms with Crippen molar-refractivity contribution in [3.05, 3.63) is 23.8 Å². The zero-order chi connectivity index (χ0) is 11.5. The number of thioether (sulfide) groups is 1. The number of nitriles is 1. The molecule has 0 spiro atoms. The van der Waals surface area contributed by atoms with E-state index in [-0.39, 0.29) is 16.2 Å². The predicted octanol–water partition coefficient (Wildman–Crippen LogP) is 3.18. The van der Waals surface area contributed by atoms with E-state index in [1.807, 2.05) is 0 Å². The highest BCUT2D eigenvalue weighted by atomic mass is 32.2. The second-order valence-electron chi connectivity index (χ2n) is 2.50. The van der Waals surface area contributed by atoms with E-state index in [9.17, 15) is 13.2 Å². The van der Waals surface area contributed by atoms with Gasteiger partial charge in [-0.25, -0.2) is 0 Å². The van der Waals surface area contributed by atoms with Crippen molar-refractivity contribution in [2.24, 2.45) is 0 Å². The molecule has 0 saturated carbocycles. The third kappa shape index (κ3) is 3.06. The van der Waals surface area contributed by atoms with Crippen LogP contribution in [-0.4, -0.2) is 12.6 Å². The van der Waals surface area contributed by atoms with E-state index in [0.717, 1.165) is 11.8 Å². The summed E-state index contributed by atoms with van der Waals surface area (Å²) in [6.45, 7) is 0. The number of halogens is 3. The highest BCUT2D eigenvalue weighted by Gasteiger charge is 2.32. The van der Waals surface area contributed by atoms with E-state index in [1.165, 1.54) is 18.2 Å². The van der Waals surface area contributed by atoms with Gasteiger partial charge in [0.25, 0.3) is 0 Å². The van der Waals surface area contributed by atoms with Gasteiger partial charge in [-0.3, -0.25) is 0 Å². The van der Waals surface area contributed by atoms with Gasteiger partial charge in [0.2, 0.25) is 0 Å². The lowest BCUT2D eigenvalue weighted by Gasteiger charge is -2.12. The average Bonchev–Trinajstić information content (AvgIpc) is 2.15. The summed E-state index contributed by atoms with van der Waals surface area (Å²) < 4.78 is 39.7. The fourth-order valence-electron chi connectivity index (χ4n) is 1.02. The van der Waals surface area contributed by atoms with Crippen LogP contribution in [0, 0.1) is 11.3 Å². The summed E-state index contributed by atoms with van der Waals surface area (Å²) in [6.07, 6.45) is -3.15. The molecule has 0 heterocycles. The molecule has 0 aliphatic carbocycles. The number of hydrogen-bond acceptors (Lipinski definition) is 3. The summed E-state index contributed by atoms with van der Waals surface area (Å²) in [5, 5.41) is 8.67. The van der Waals surface area contributed by atoms with E-state index < -0.39 is 6.36 Å². The number of nitrogens with zero attached hydrogens (tertiary/aromatic N) is 1. The summed E-state index contributed by atoms with van der Waals surface area (Å²) in [4.78, 5) is 0.192. The summed E-state index contributed by atoms with van der Waals surface area (Å²) in [5.41, 5.74) is 0.171. The van der Waals surface area contributed by atoms with E-state index in [4.69, 9.17) is 5.26 Å². The average molecular weight is 233 g/mol. The lowest BCUT2D eigenvalue weighted by atomic mass is 10.2. The normalized spacial score (nSPS) is 10.9. The van der Waals surface area contributed by atoms with Crippen LogP contribution in [0.15, 0.2) is 23.1 Å². The SMILES string of the molecule is CSc1c(C#N)cccc1OC(F)(F)F. The third-order valence-corrected chi connectivity index (χ3v) is 2.36. The Hall–Kier alpha value is -1.35. The maximum atomic E-state index is 12.0. The Kier molecular flexibility index (Phi) is 3.48. The zero-order valence-corrected chi connectivity index (χ0v) is 8.45. The second-order valence-corrected chi connectivity index (χ2v) is 3.31. The molecule has 1 rings (SSSR count). The van der Waals surface area contributed by atoms with Crippen molar-refractivity contribution in [1.82, 2.24) is 0 Å². The minimum Gasteiger partial charge on any atom is -0.405 e. The van der Waals surface area contributed by atoms with Gasteiger partial charge in [-0.15, -0.1) is 24.9 Å². The van der Waals surface area contributed by atoms with Crippen LogP contribution in [0.1, 0.15) is 5.56 Å². The molecule has 0 aromatic heterocycles. The zero-order valence-electron chi connectivity index (χ0n) is 7.63. The van der Waals surface area contributed by atoms with Crippen LogP contribution >= 0.6 is 11.8 Å². The molecule has 0 amide bonds. The maximum Gasteiger partial charge on any atom is 0.573 e. The lowest BCUT2D eigenvalue weighted by Crippen LogP contribution is -2.17. The van der Waals surface area contributed by atoms with Gasteiger partial charge in [0.15, 0.2) is 0 Å². The van der Waals surface area contributed by atoms with Crippen molar-refractivity contribution >= 4 is 11.8 Å². The van der Waals surface area contributed by atoms with Crippen molar-refractivity contribution in [3.8, 4) is 11.8 Å². The molecule has 0 aliphatic rings. The van der Waals surface area contributed by atoms with Gasteiger partial charge < -0.3 is 4.74 Å². The molecule has 80 valence electrons. The largest absolute Gasteiger partial charge is 0.573 e. The van der Waals surface area contributed by atoms with Crippen LogP contribution in [0.3, 0.4) is 0 Å². The van der Waals surface area contributed by atoms with Crippen LogP contribution in [0.2, 0.25) is 0 Å². The van der Waals surface area contributed by atoms with Gasteiger partial charge in [0.1, 0.15) is 11.8 Å². The monoisotopic (exact) mass is 233 g/mol. The molecule has 0 unspecified atom stereocenters. The molecule has 6 heteroatoms. The van der Waals surface area contributed by atoms with E-state index >= 15 is 0 Å². The first-order valence-corrected chi connectivity index (χ1v) is 5.03. The molecule has 0 radical (unpaired) electrons. The molecular formula is C9H6F3NOS. The molecule has 0 atom stereocenters. The van der Waals surface area contributed by atoms with Gasteiger partial charge in [-0.2, -0.15) is 5.26 Å². The molecule has 0 fully saturated rings. The van der Waals surface area contributed by atoms with Crippen LogP contribution in [0.4, 0.5) is 13.2 Å². The van der Waals surface area contributed by atoms with Gasteiger partial charge >= 0.3 is 6.36 Å². The van der Waals surface area contributed by atoms with Gasteiger partial charge in [0.05, 0.1) is 10.5 Å². The minimum absolute atomic E-state index is 0.171. The van der Waals surface area contributed by atoms with E-state index in [1.54, 1.807) is 12.3 Å². The van der Waals surface area contributed by atoms with Crippen LogP contribution < -0.4 is 4.74 Å². The Balaban J connectivity index is 3.14. The van der Waals surface area contributed by atoms with Crippen LogP contribution in [0.25, 0.3) is 0 Å². The lowest BCUT2D eigenvalue weighted by molar-refractivity contribution is -0.275. The second kappa shape index (κ2) is 4.45. The molecule has 0 saturated heterocycles. The fraction of sp³-hybridized carbons (Fsp3) is 0.222. The Bertz CT molecular complexity index is 397. The Labute approximate surface area is 88.7 Å². The van der Waals surface area contributed by atoms with Crippen LogP contribution in [0.5, 0.6) is 5.75 Å². The molecule has 2 nitrogen and oxygen atoms in total. The number of alkyl halides is 3. The summed E-state index contributed by atoms with van der Waals surface area (Å²) in [7, 11) is 0. The van der Waals surface area contributed by atoms with Crippen molar-refractivity contribution < 1.29 is 17.9 Å². The summed E-state index contributed by atoms with van der Waals surface area (Å²) >= 11 is 1.04. The first kappa shape index (κ1) is 11.7. The Morgan fingerprint density at radius 3 is 2.53 bits per heavy atom. The highest BCUT2D eigenvalue weighted by Crippen LogP contribution is 2.34. The summed E-state index contributed by atoms with van der Waals surface area (Å²) in [6, 6.07) is 5.77. The first-order chi connectivity index (χ1) is 6.98. The molecule has 0 bridgehead atoms. The van der Waals surface area contributed by atoms with Crippen molar-refractivity contribution in [2.45, 2.75) is 11.3 Å². The number of benzene rings is 1. The number of rotatable bonds is 2. The van der Waals surface area contributed by atoms with Gasteiger partial charge in [-0.1, -0.05) is 6.07 Å². The standard InChI is InChI=1S/C9H6F3NOS/c1-15-8-6(5-13)3-2-4-7(8)14-9(10,11)12/h2-4H,1H3. The molecule has 0 N–H and O–H groups in total. The topological polar surface area (TPSA) is 33.0 Å². The molecule has 1 aromatic carbocycles. The van der Waals surface area contributed by atoms with Crippen molar-refractivity contribution in [1.29, 1.82) is 5.26 Å². The number of hydrogen-bond donors (Lipinski definition) is 0. The summed E-state index contributed by atoms with van der Waals surface area (Å²) in [5.74, 6) is -0.339. The minimum atomic E-state index is -4.74. The van der Waals surface area contributed by atoms with Crippen molar-refractivity contribution in [2.75, 3.05) is 6.26 Å². The molecular weight excluding hydrogens is 227 g/mol. The maximum absolute atomic E-state index is 12.0. The highest BCUT2D eigenvalue weighted by molar-refractivity contribution is 7.98. The van der Waals surface area contributed by atoms with Crippen LogP contribution in [-0.2, 0) is 0 Å². The molecule has 1 aromatic rings. The number of ether oxygens (including phenoxy) is 1. The van der Waals surface area contributed by atoms with E-state index in [0.29, 0.717) is 0 Å². The van der Waals surface area contributed by atoms with Gasteiger partial charge in [-0.05, 0) is 18.4 Å². The Morgan fingerprint density at radius 1 is 1.40 bits per heavy atom. The fourth-order valence-corrected chi connectivity index (χ4v) is 1.66. The third-order valence-electron chi connectivity index (χ3n) is 1.53. The first-order valence-electron chi connectivity index (χ1n) is 3.81. The Morgan fingerprint density at radius 2 is 2.07 bits per heavy atom. The smallest absolute Gasteiger partial charge is 0.405 e. The quantitative estimate of drug-likeness (QED) is 0.735.